The van der Waals surface area contributed by atoms with Gasteiger partial charge in [0.2, 0.25) is 5.91 Å². The molecule has 26 heavy (non-hydrogen) atoms. The highest BCUT2D eigenvalue weighted by Crippen LogP contribution is 2.30. The van der Waals surface area contributed by atoms with Gasteiger partial charge in [0, 0.05) is 36.2 Å². The van der Waals surface area contributed by atoms with Gasteiger partial charge in [-0.25, -0.2) is 4.79 Å². The predicted octanol–water partition coefficient (Wildman–Crippen LogP) is 2.15. The van der Waals surface area contributed by atoms with Crippen LogP contribution in [0.15, 0.2) is 42.6 Å². The van der Waals surface area contributed by atoms with E-state index in [1.165, 1.54) is 4.90 Å². The minimum absolute atomic E-state index is 0.00709. The van der Waals surface area contributed by atoms with E-state index < -0.39 is 6.03 Å². The van der Waals surface area contributed by atoms with Gasteiger partial charge in [0.25, 0.3) is 5.91 Å². The Balaban J connectivity index is 1.55. The van der Waals surface area contributed by atoms with Crippen LogP contribution in [-0.4, -0.2) is 40.4 Å². The van der Waals surface area contributed by atoms with E-state index in [-0.39, 0.29) is 24.4 Å². The van der Waals surface area contributed by atoms with Crippen LogP contribution in [0.4, 0.5) is 10.5 Å². The van der Waals surface area contributed by atoms with Crippen LogP contribution in [0.3, 0.4) is 0 Å². The molecular weight excluding hydrogens is 332 g/mol. The summed E-state index contributed by atoms with van der Waals surface area (Å²) in [6.45, 7) is 3.55. The van der Waals surface area contributed by atoms with E-state index >= 15 is 0 Å². The van der Waals surface area contributed by atoms with Gasteiger partial charge >= 0.3 is 6.03 Å². The smallest absolute Gasteiger partial charge is 0.329 e. The zero-order valence-corrected chi connectivity index (χ0v) is 14.5. The molecule has 1 aromatic heterocycles. The number of fused-ring (bicyclic) bond motifs is 1. The Morgan fingerprint density at radius 1 is 1.15 bits per heavy atom. The molecule has 134 valence electrons. The molecule has 1 aromatic carbocycles. The van der Waals surface area contributed by atoms with Crippen molar-refractivity contribution >= 4 is 23.5 Å². The molecule has 0 aliphatic carbocycles. The molecule has 1 fully saturated rings. The first-order chi connectivity index (χ1) is 12.6. The van der Waals surface area contributed by atoms with Gasteiger partial charge in [0.1, 0.15) is 6.54 Å². The molecule has 0 saturated carbocycles. The molecule has 7 heteroatoms. The summed E-state index contributed by atoms with van der Waals surface area (Å²) in [6.07, 6.45) is 2.90. The normalized spacial score (nSPS) is 19.5. The Labute approximate surface area is 151 Å². The van der Waals surface area contributed by atoms with Crippen molar-refractivity contribution < 1.29 is 14.4 Å². The topological polar surface area (TPSA) is 74.7 Å². The molecule has 0 radical (unpaired) electrons. The molecule has 1 saturated heterocycles. The number of carbonyl (C=O) groups excluding carboxylic acids is 3. The Hall–Kier alpha value is -3.09. The van der Waals surface area contributed by atoms with Crippen molar-refractivity contribution in [2.75, 3.05) is 18.0 Å². The number of nitrogens with zero attached hydrogens (tertiary/aromatic N) is 3. The lowest BCUT2D eigenvalue weighted by Gasteiger charge is -2.36. The first-order valence-electron chi connectivity index (χ1n) is 8.76. The van der Waals surface area contributed by atoms with Gasteiger partial charge in [0.05, 0.1) is 6.04 Å². The Morgan fingerprint density at radius 2 is 1.92 bits per heavy atom. The number of hydrogen-bond donors (Lipinski definition) is 1. The number of anilines is 1. The van der Waals surface area contributed by atoms with Crippen LogP contribution in [0, 0.1) is 0 Å². The summed E-state index contributed by atoms with van der Waals surface area (Å²) in [4.78, 5) is 39.4. The summed E-state index contributed by atoms with van der Waals surface area (Å²) in [5.74, 6) is -0.338. The van der Waals surface area contributed by atoms with Crippen molar-refractivity contribution in [2.24, 2.45) is 0 Å². The Kier molecular flexibility index (Phi) is 3.99. The predicted molar refractivity (Wildman–Crippen MR) is 95.8 cm³/mol. The number of carbonyl (C=O) groups is 3. The van der Waals surface area contributed by atoms with Gasteiger partial charge in [0.15, 0.2) is 0 Å². The lowest BCUT2D eigenvalue weighted by Crippen LogP contribution is -2.41. The highest BCUT2D eigenvalue weighted by Gasteiger charge is 2.31. The average Bonchev–Trinajstić information content (AvgIpc) is 3.26. The van der Waals surface area contributed by atoms with Crippen LogP contribution in [0.2, 0.25) is 0 Å². The Morgan fingerprint density at radius 3 is 2.58 bits per heavy atom. The van der Waals surface area contributed by atoms with Gasteiger partial charge in [-0.3, -0.25) is 19.8 Å². The molecule has 2 aromatic rings. The average molecular weight is 352 g/mol. The quantitative estimate of drug-likeness (QED) is 0.860. The van der Waals surface area contributed by atoms with Crippen molar-refractivity contribution in [2.45, 2.75) is 25.9 Å². The molecule has 4 amide bonds. The minimum atomic E-state index is -0.433. The van der Waals surface area contributed by atoms with Crippen molar-refractivity contribution in [3.8, 4) is 0 Å². The molecule has 0 bridgehead atoms. The van der Waals surface area contributed by atoms with Crippen molar-refractivity contribution in [1.29, 1.82) is 0 Å². The molecule has 2 aliphatic heterocycles. The molecule has 2 aliphatic rings. The number of urea groups is 1. The number of imide groups is 1. The fraction of sp³-hybridized carbons (Fsp3) is 0.316. The third-order valence-corrected chi connectivity index (χ3v) is 5.03. The lowest BCUT2D eigenvalue weighted by molar-refractivity contribution is -0.117. The van der Waals surface area contributed by atoms with Crippen LogP contribution in [0.25, 0.3) is 0 Å². The summed E-state index contributed by atoms with van der Waals surface area (Å²) in [6, 6.07) is 10.6. The van der Waals surface area contributed by atoms with Crippen LogP contribution >= 0.6 is 0 Å². The Bertz CT molecular complexity index is 871. The lowest BCUT2D eigenvalue weighted by atomic mass is 10.0. The second kappa shape index (κ2) is 6.33. The number of hydrogen-bond acceptors (Lipinski definition) is 3. The van der Waals surface area contributed by atoms with Crippen molar-refractivity contribution in [3.05, 3.63) is 53.9 Å². The highest BCUT2D eigenvalue weighted by molar-refractivity contribution is 6.12. The monoisotopic (exact) mass is 352 g/mol. The molecule has 7 nitrogen and oxygen atoms in total. The largest absolute Gasteiger partial charge is 0.348 e. The molecule has 0 unspecified atom stereocenters. The number of aromatic nitrogens is 1. The second-order valence-electron chi connectivity index (χ2n) is 6.54. The fourth-order valence-corrected chi connectivity index (χ4v) is 3.74. The first kappa shape index (κ1) is 16.4. The van der Waals surface area contributed by atoms with Gasteiger partial charge in [-0.2, -0.15) is 0 Å². The van der Waals surface area contributed by atoms with E-state index in [2.05, 4.69) is 29.1 Å². The van der Waals surface area contributed by atoms with E-state index in [1.807, 2.05) is 11.0 Å². The van der Waals surface area contributed by atoms with Crippen LogP contribution in [0.5, 0.6) is 0 Å². The van der Waals surface area contributed by atoms with Gasteiger partial charge in [-0.15, -0.1) is 0 Å². The number of rotatable bonds is 3. The van der Waals surface area contributed by atoms with Gasteiger partial charge in [-0.05, 0) is 42.8 Å². The molecule has 0 spiro atoms. The number of amides is 4. The maximum Gasteiger partial charge on any atom is 0.329 e. The molecular formula is C19H20N4O3. The van der Waals surface area contributed by atoms with Crippen molar-refractivity contribution in [3.63, 3.8) is 0 Å². The minimum Gasteiger partial charge on any atom is -0.348 e. The number of nitrogens with one attached hydrogen (secondary N) is 1. The van der Waals surface area contributed by atoms with Crippen LogP contribution in [0.1, 0.15) is 35.4 Å². The van der Waals surface area contributed by atoms with Crippen molar-refractivity contribution in [1.82, 2.24) is 14.8 Å². The van der Waals surface area contributed by atoms with Gasteiger partial charge in [-0.1, -0.05) is 6.92 Å². The molecule has 4 rings (SSSR count). The highest BCUT2D eigenvalue weighted by atomic mass is 16.2. The van der Waals surface area contributed by atoms with E-state index in [0.29, 0.717) is 17.8 Å². The summed E-state index contributed by atoms with van der Waals surface area (Å²) in [5, 5.41) is 2.25. The molecule has 1 atom stereocenters. The zero-order chi connectivity index (χ0) is 18.3. The van der Waals surface area contributed by atoms with E-state index in [9.17, 15) is 14.4 Å². The maximum atomic E-state index is 13.0. The molecule has 3 heterocycles. The zero-order valence-electron chi connectivity index (χ0n) is 14.5. The van der Waals surface area contributed by atoms with Crippen LogP contribution in [-0.2, 0) is 11.3 Å². The molecule has 1 N–H and O–H groups in total. The third-order valence-electron chi connectivity index (χ3n) is 5.03. The van der Waals surface area contributed by atoms with E-state index in [0.717, 1.165) is 18.7 Å². The summed E-state index contributed by atoms with van der Waals surface area (Å²) < 4.78 is 2.20. The number of benzene rings is 1. The summed E-state index contributed by atoms with van der Waals surface area (Å²) in [7, 11) is 0. The first-order valence-corrected chi connectivity index (χ1v) is 8.76. The second-order valence-corrected chi connectivity index (χ2v) is 6.54. The van der Waals surface area contributed by atoms with E-state index in [4.69, 9.17) is 0 Å². The third kappa shape index (κ3) is 2.65. The SMILES string of the molecule is CC[C@H]1c2cccn2CCN1C(=O)c1ccc(N2CC(=O)NC2=O)cc1. The van der Waals surface area contributed by atoms with E-state index in [1.54, 1.807) is 24.3 Å². The van der Waals surface area contributed by atoms with Crippen LogP contribution < -0.4 is 10.2 Å². The standard InChI is InChI=1S/C19H20N4O3/c1-2-15-16-4-3-9-21(16)10-11-22(15)18(25)13-5-7-14(8-6-13)23-12-17(24)20-19(23)26/h3-9,15H,2,10-12H2,1H3,(H,20,24,26)/t15-/m0/s1. The van der Waals surface area contributed by atoms with Gasteiger partial charge < -0.3 is 9.47 Å². The maximum absolute atomic E-state index is 13.0. The summed E-state index contributed by atoms with van der Waals surface area (Å²) in [5.41, 5.74) is 2.35. The fourth-order valence-electron chi connectivity index (χ4n) is 3.74. The summed E-state index contributed by atoms with van der Waals surface area (Å²) >= 11 is 0.